The minimum absolute atomic E-state index is 0.0311. The van der Waals surface area contributed by atoms with E-state index in [1.165, 1.54) is 6.07 Å². The highest BCUT2D eigenvalue weighted by atomic mass is 19.4. The van der Waals surface area contributed by atoms with Crippen molar-refractivity contribution in [3.05, 3.63) is 23.8 Å². The molecule has 0 N–H and O–H groups in total. The average molecular weight is 586 g/mol. The number of fused-ring (bicyclic) bond motifs is 1. The summed E-state index contributed by atoms with van der Waals surface area (Å²) in [6, 6.07) is 2.33. The second-order valence-electron chi connectivity index (χ2n) is 13.2. The van der Waals surface area contributed by atoms with E-state index in [9.17, 15) is 26.7 Å². The maximum absolute atomic E-state index is 14.1. The summed E-state index contributed by atoms with van der Waals surface area (Å²) in [7, 11) is 1.62. The van der Waals surface area contributed by atoms with Gasteiger partial charge in [0.1, 0.15) is 12.1 Å². The number of ketones is 1. The zero-order valence-corrected chi connectivity index (χ0v) is 24.9. The Bertz CT molecular complexity index is 1220. The predicted molar refractivity (Wildman–Crippen MR) is 147 cm³/mol. The van der Waals surface area contributed by atoms with E-state index >= 15 is 0 Å². The molecule has 0 aliphatic heterocycles. The Balaban J connectivity index is 1.49. The number of methoxy groups -OCH3 is 1. The molecule has 230 valence electrons. The van der Waals surface area contributed by atoms with Gasteiger partial charge in [-0.1, -0.05) is 40.5 Å². The number of aromatic nitrogens is 3. The van der Waals surface area contributed by atoms with Crippen LogP contribution in [0.25, 0.3) is 11.0 Å². The van der Waals surface area contributed by atoms with Gasteiger partial charge >= 0.3 is 6.18 Å². The van der Waals surface area contributed by atoms with E-state index in [1.54, 1.807) is 14.0 Å². The van der Waals surface area contributed by atoms with Crippen LogP contribution in [0.2, 0.25) is 0 Å². The molecule has 0 radical (unpaired) electrons. The Kier molecular flexibility index (Phi) is 9.51. The molecule has 2 fully saturated rings. The highest BCUT2D eigenvalue weighted by molar-refractivity contribution is 5.82. The summed E-state index contributed by atoms with van der Waals surface area (Å²) in [6.45, 7) is 8.36. The SMILES string of the molecule is CCC(CC1CCC(C)C(CCC2(C)CCCC2C(=O)Cn2nc3ccc(F)c(F)c3n2)C1(C)COC)C(F)(F)F. The number of carbonyl (C=O) groups is 1. The second kappa shape index (κ2) is 12.3. The topological polar surface area (TPSA) is 57.0 Å². The number of ether oxygens (including phenoxy) is 1. The Labute approximate surface area is 239 Å². The minimum Gasteiger partial charge on any atom is -0.384 e. The van der Waals surface area contributed by atoms with E-state index < -0.39 is 29.1 Å². The van der Waals surface area contributed by atoms with E-state index in [2.05, 4.69) is 31.0 Å². The molecule has 2 aliphatic carbocycles. The van der Waals surface area contributed by atoms with Crippen molar-refractivity contribution in [3.8, 4) is 0 Å². The van der Waals surface area contributed by atoms with Gasteiger partial charge in [0.25, 0.3) is 0 Å². The van der Waals surface area contributed by atoms with Crippen molar-refractivity contribution in [2.24, 2.45) is 40.4 Å². The van der Waals surface area contributed by atoms with Crippen LogP contribution in [0, 0.1) is 52.1 Å². The van der Waals surface area contributed by atoms with Gasteiger partial charge in [-0.3, -0.25) is 4.79 Å². The van der Waals surface area contributed by atoms with Crippen LogP contribution in [0.1, 0.15) is 85.5 Å². The summed E-state index contributed by atoms with van der Waals surface area (Å²) in [4.78, 5) is 14.7. The van der Waals surface area contributed by atoms with E-state index in [4.69, 9.17) is 4.74 Å². The van der Waals surface area contributed by atoms with Crippen LogP contribution in [0.15, 0.2) is 12.1 Å². The van der Waals surface area contributed by atoms with Crippen LogP contribution in [0.4, 0.5) is 22.0 Å². The van der Waals surface area contributed by atoms with Crippen molar-refractivity contribution >= 4 is 16.8 Å². The lowest BCUT2D eigenvalue weighted by atomic mass is 9.54. The molecular formula is C31H44F5N3O2. The van der Waals surface area contributed by atoms with E-state index in [0.29, 0.717) is 12.5 Å². The fourth-order valence-electron chi connectivity index (χ4n) is 8.21. The van der Waals surface area contributed by atoms with Gasteiger partial charge < -0.3 is 4.74 Å². The Morgan fingerprint density at radius 2 is 1.90 bits per heavy atom. The van der Waals surface area contributed by atoms with Gasteiger partial charge in [-0.25, -0.2) is 8.78 Å². The normalized spacial score (nSPS) is 31.6. The highest BCUT2D eigenvalue weighted by Crippen LogP contribution is 2.56. The molecule has 10 heteroatoms. The van der Waals surface area contributed by atoms with Gasteiger partial charge in [0.2, 0.25) is 0 Å². The van der Waals surface area contributed by atoms with Crippen molar-refractivity contribution in [3.63, 3.8) is 0 Å². The summed E-state index contributed by atoms with van der Waals surface area (Å²) < 4.78 is 74.7. The van der Waals surface area contributed by atoms with E-state index in [-0.39, 0.29) is 59.4 Å². The van der Waals surface area contributed by atoms with Crippen LogP contribution in [0.3, 0.4) is 0 Å². The molecule has 2 saturated carbocycles. The summed E-state index contributed by atoms with van der Waals surface area (Å²) in [6.07, 6.45) is 1.77. The largest absolute Gasteiger partial charge is 0.391 e. The van der Waals surface area contributed by atoms with E-state index in [1.807, 2.05) is 0 Å². The molecular weight excluding hydrogens is 541 g/mol. The molecule has 41 heavy (non-hydrogen) atoms. The number of halogens is 5. The van der Waals surface area contributed by atoms with E-state index in [0.717, 1.165) is 55.8 Å². The predicted octanol–water partition coefficient (Wildman–Crippen LogP) is 8.16. The smallest absolute Gasteiger partial charge is 0.384 e. The molecule has 0 bridgehead atoms. The Hall–Kier alpha value is -2.10. The fraction of sp³-hybridized carbons (Fsp3) is 0.774. The van der Waals surface area contributed by atoms with Gasteiger partial charge in [-0.2, -0.15) is 23.1 Å². The molecule has 1 heterocycles. The highest BCUT2D eigenvalue weighted by Gasteiger charge is 2.51. The zero-order chi connectivity index (χ0) is 30.2. The Morgan fingerprint density at radius 3 is 2.56 bits per heavy atom. The number of hydrogen-bond donors (Lipinski definition) is 0. The molecule has 1 aromatic heterocycles. The van der Waals surface area contributed by atoms with Gasteiger partial charge in [0.05, 0.1) is 12.5 Å². The number of carbonyl (C=O) groups excluding carboxylic acids is 1. The number of benzene rings is 1. The van der Waals surface area contributed by atoms with Crippen LogP contribution < -0.4 is 0 Å². The zero-order valence-electron chi connectivity index (χ0n) is 24.9. The van der Waals surface area contributed by atoms with Crippen molar-refractivity contribution in [1.29, 1.82) is 0 Å². The lowest BCUT2D eigenvalue weighted by Gasteiger charge is -2.52. The third-order valence-electron chi connectivity index (χ3n) is 10.7. The summed E-state index contributed by atoms with van der Waals surface area (Å²) in [5.74, 6) is -3.23. The summed E-state index contributed by atoms with van der Waals surface area (Å²) >= 11 is 0. The molecule has 5 nitrogen and oxygen atoms in total. The van der Waals surface area contributed by atoms with Gasteiger partial charge in [0.15, 0.2) is 22.9 Å². The van der Waals surface area contributed by atoms with Crippen molar-refractivity contribution in [1.82, 2.24) is 15.0 Å². The van der Waals surface area contributed by atoms with Crippen molar-refractivity contribution < 1.29 is 31.5 Å². The first-order valence-corrected chi connectivity index (χ1v) is 15.0. The molecule has 0 saturated heterocycles. The van der Waals surface area contributed by atoms with Gasteiger partial charge in [-0.15, -0.1) is 5.10 Å². The number of hydrogen-bond acceptors (Lipinski definition) is 4. The quantitative estimate of drug-likeness (QED) is 0.250. The van der Waals surface area contributed by atoms with Crippen molar-refractivity contribution in [2.75, 3.05) is 13.7 Å². The van der Waals surface area contributed by atoms with Crippen molar-refractivity contribution in [2.45, 2.75) is 98.2 Å². The second-order valence-corrected chi connectivity index (χ2v) is 13.2. The Morgan fingerprint density at radius 1 is 1.17 bits per heavy atom. The van der Waals surface area contributed by atoms with Crippen LogP contribution in [0.5, 0.6) is 0 Å². The van der Waals surface area contributed by atoms with Crippen LogP contribution in [-0.4, -0.2) is 40.7 Å². The third-order valence-corrected chi connectivity index (χ3v) is 10.7. The molecule has 0 spiro atoms. The molecule has 2 aliphatic rings. The monoisotopic (exact) mass is 585 g/mol. The van der Waals surface area contributed by atoms with Crippen LogP contribution >= 0.6 is 0 Å². The number of rotatable bonds is 11. The molecule has 0 amide bonds. The summed E-state index contributed by atoms with van der Waals surface area (Å²) in [5.41, 5.74) is -0.654. The lowest BCUT2D eigenvalue weighted by Crippen LogP contribution is -2.47. The first kappa shape index (κ1) is 31.8. The first-order chi connectivity index (χ1) is 19.2. The molecule has 1 aromatic carbocycles. The van der Waals surface area contributed by atoms with Crippen LogP contribution in [-0.2, 0) is 16.1 Å². The molecule has 4 rings (SSSR count). The molecule has 7 atom stereocenters. The standard InChI is InChI=1S/C31H44F5N3O2/c1-6-20(31(34,35)36)16-21-10-9-19(2)22(30(21,4)18-41-5)13-15-29(3)14-7-8-23(29)26(40)17-39-37-25-12-11-24(32)27(33)28(25)38-39/h11-12,19-23H,6-10,13-18H2,1-5H3. The number of Topliss-reactive ketones (excluding diaryl/α,β-unsaturated/α-hetero) is 1. The fourth-order valence-corrected chi connectivity index (χ4v) is 8.21. The van der Waals surface area contributed by atoms with Gasteiger partial charge in [-0.05, 0) is 85.7 Å². The molecule has 7 unspecified atom stereocenters. The average Bonchev–Trinajstić information content (AvgIpc) is 3.48. The number of alkyl halides is 3. The summed E-state index contributed by atoms with van der Waals surface area (Å²) in [5, 5.41) is 8.22. The minimum atomic E-state index is -4.21. The third kappa shape index (κ3) is 6.47. The maximum Gasteiger partial charge on any atom is 0.391 e. The first-order valence-electron chi connectivity index (χ1n) is 15.0. The lowest BCUT2D eigenvalue weighted by molar-refractivity contribution is -0.188. The maximum atomic E-state index is 14.1. The molecule has 2 aromatic rings. The van der Waals surface area contributed by atoms with Gasteiger partial charge in [0, 0.05) is 13.0 Å². The number of nitrogens with zero attached hydrogens (tertiary/aromatic N) is 3.